The molecule has 0 unspecified atom stereocenters. The first kappa shape index (κ1) is 13.5. The van der Waals surface area contributed by atoms with Gasteiger partial charge in [-0.3, -0.25) is 14.9 Å². The monoisotopic (exact) mass is 280 g/mol. The van der Waals surface area contributed by atoms with Crippen LogP contribution in [0.2, 0.25) is 0 Å². The van der Waals surface area contributed by atoms with Crippen LogP contribution in [0.1, 0.15) is 15.9 Å². The van der Waals surface area contributed by atoms with E-state index in [1.54, 1.807) is 11.0 Å². The molecule has 1 heterocycles. The van der Waals surface area contributed by atoms with E-state index in [1.807, 2.05) is 0 Å². The van der Waals surface area contributed by atoms with Crippen molar-refractivity contribution in [2.24, 2.45) is 0 Å². The number of nitrogens with zero attached hydrogens (tertiary/aromatic N) is 2. The van der Waals surface area contributed by atoms with Crippen molar-refractivity contribution in [3.63, 3.8) is 0 Å². The molecule has 19 heavy (non-hydrogen) atoms. The van der Waals surface area contributed by atoms with Crippen LogP contribution >= 0.6 is 11.6 Å². The predicted octanol–water partition coefficient (Wildman–Crippen LogP) is 2.39. The van der Waals surface area contributed by atoms with Gasteiger partial charge in [0.25, 0.3) is 11.6 Å². The van der Waals surface area contributed by atoms with Gasteiger partial charge in [0.15, 0.2) is 0 Å². The highest BCUT2D eigenvalue weighted by Crippen LogP contribution is 2.24. The number of nitro benzene ring substituents is 1. The summed E-state index contributed by atoms with van der Waals surface area (Å²) >= 11 is 5.66. The predicted molar refractivity (Wildman–Crippen MR) is 72.6 cm³/mol. The molecule has 1 aliphatic rings. The molecule has 1 aliphatic heterocycles. The highest BCUT2D eigenvalue weighted by Gasteiger charge is 2.26. The van der Waals surface area contributed by atoms with Gasteiger partial charge in [-0.1, -0.05) is 12.6 Å². The van der Waals surface area contributed by atoms with Gasteiger partial charge in [0, 0.05) is 36.7 Å². The number of amides is 1. The average Bonchev–Trinajstić information content (AvgIpc) is 2.41. The Kier molecular flexibility index (Phi) is 3.85. The van der Waals surface area contributed by atoms with E-state index in [2.05, 4.69) is 6.58 Å². The molecule has 1 amide bonds. The Morgan fingerprint density at radius 1 is 1.53 bits per heavy atom. The molecule has 6 heteroatoms. The topological polar surface area (TPSA) is 63.4 Å². The Morgan fingerprint density at radius 2 is 2.26 bits per heavy atom. The number of alkyl halides is 1. The van der Waals surface area contributed by atoms with Crippen molar-refractivity contribution in [2.75, 3.05) is 19.0 Å². The number of carbonyl (C=O) groups is 1. The molecule has 0 fully saturated rings. The minimum Gasteiger partial charge on any atom is -0.334 e. The van der Waals surface area contributed by atoms with Gasteiger partial charge in [-0.2, -0.15) is 0 Å². The molecule has 1 aromatic rings. The Labute approximate surface area is 115 Å². The van der Waals surface area contributed by atoms with Crippen molar-refractivity contribution < 1.29 is 9.72 Å². The molecular weight excluding hydrogens is 268 g/mol. The van der Waals surface area contributed by atoms with Crippen LogP contribution in [-0.2, 0) is 6.42 Å². The summed E-state index contributed by atoms with van der Waals surface area (Å²) in [6.45, 7) is 4.75. The van der Waals surface area contributed by atoms with Crippen molar-refractivity contribution in [2.45, 2.75) is 6.42 Å². The average molecular weight is 281 g/mol. The van der Waals surface area contributed by atoms with Crippen molar-refractivity contribution in [3.8, 4) is 0 Å². The van der Waals surface area contributed by atoms with E-state index in [1.165, 1.54) is 12.1 Å². The number of carbonyl (C=O) groups excluding carboxylic acids is 1. The van der Waals surface area contributed by atoms with E-state index < -0.39 is 4.92 Å². The van der Waals surface area contributed by atoms with Crippen LogP contribution in [0.5, 0.6) is 0 Å². The van der Waals surface area contributed by atoms with E-state index in [0.717, 1.165) is 11.1 Å². The van der Waals surface area contributed by atoms with E-state index >= 15 is 0 Å². The first-order chi connectivity index (χ1) is 9.02. The SMILES string of the molecule is C=C(CCl)CN1CCc2ccc([N+](=O)[O-])cc2C1=O. The number of non-ortho nitro benzene ring substituents is 1. The second-order valence-corrected chi connectivity index (χ2v) is 4.73. The maximum Gasteiger partial charge on any atom is 0.270 e. The first-order valence-electron chi connectivity index (χ1n) is 5.82. The fraction of sp³-hybridized carbons (Fsp3) is 0.308. The van der Waals surface area contributed by atoms with E-state index in [9.17, 15) is 14.9 Å². The largest absolute Gasteiger partial charge is 0.334 e. The minimum atomic E-state index is -0.496. The highest BCUT2D eigenvalue weighted by atomic mass is 35.5. The summed E-state index contributed by atoms with van der Waals surface area (Å²) in [5, 5.41) is 10.7. The number of halogens is 1. The maximum atomic E-state index is 12.3. The lowest BCUT2D eigenvalue weighted by Gasteiger charge is -2.28. The number of hydrogen-bond donors (Lipinski definition) is 0. The lowest BCUT2D eigenvalue weighted by molar-refractivity contribution is -0.384. The van der Waals surface area contributed by atoms with Gasteiger partial charge in [-0.05, 0) is 17.6 Å². The van der Waals surface area contributed by atoms with Crippen LogP contribution in [0.25, 0.3) is 0 Å². The molecule has 0 saturated heterocycles. The Balaban J connectivity index is 2.28. The summed E-state index contributed by atoms with van der Waals surface area (Å²) in [6, 6.07) is 4.42. The standard InChI is InChI=1S/C13H13ClN2O3/c1-9(7-14)8-15-5-4-10-2-3-11(16(18)19)6-12(10)13(15)17/h2-3,6H,1,4-5,7-8H2. The smallest absolute Gasteiger partial charge is 0.270 e. The van der Waals surface area contributed by atoms with Crippen LogP contribution in [0.4, 0.5) is 5.69 Å². The van der Waals surface area contributed by atoms with E-state index in [-0.39, 0.29) is 11.6 Å². The second kappa shape index (κ2) is 5.40. The third-order valence-electron chi connectivity index (χ3n) is 3.08. The molecule has 0 spiro atoms. The van der Waals surface area contributed by atoms with Crippen molar-refractivity contribution in [1.82, 2.24) is 4.90 Å². The third kappa shape index (κ3) is 2.76. The summed E-state index contributed by atoms with van der Waals surface area (Å²) in [6.07, 6.45) is 0.689. The molecule has 0 N–H and O–H groups in total. The quantitative estimate of drug-likeness (QED) is 0.368. The van der Waals surface area contributed by atoms with Crippen LogP contribution in [0.15, 0.2) is 30.4 Å². The molecule has 5 nitrogen and oxygen atoms in total. The highest BCUT2D eigenvalue weighted by molar-refractivity contribution is 6.19. The molecule has 0 aromatic heterocycles. The molecule has 0 atom stereocenters. The summed E-state index contributed by atoms with van der Waals surface area (Å²) < 4.78 is 0. The van der Waals surface area contributed by atoms with Crippen molar-refractivity contribution in [3.05, 3.63) is 51.6 Å². The third-order valence-corrected chi connectivity index (χ3v) is 3.45. The summed E-state index contributed by atoms with van der Waals surface area (Å²) in [4.78, 5) is 24.1. The first-order valence-corrected chi connectivity index (χ1v) is 6.35. The lowest BCUT2D eigenvalue weighted by atomic mass is 9.98. The molecule has 2 rings (SSSR count). The molecule has 1 aromatic carbocycles. The van der Waals surface area contributed by atoms with Crippen molar-refractivity contribution >= 4 is 23.2 Å². The molecule has 0 aliphatic carbocycles. The molecular formula is C13H13ClN2O3. The van der Waals surface area contributed by atoms with Gasteiger partial charge < -0.3 is 4.90 Å². The zero-order valence-electron chi connectivity index (χ0n) is 10.3. The normalized spacial score (nSPS) is 14.2. The van der Waals surface area contributed by atoms with Crippen LogP contribution in [0.3, 0.4) is 0 Å². The summed E-state index contributed by atoms with van der Waals surface area (Å²) in [5.41, 5.74) is 1.94. The number of nitro groups is 1. The summed E-state index contributed by atoms with van der Waals surface area (Å²) in [7, 11) is 0. The van der Waals surface area contributed by atoms with Crippen LogP contribution < -0.4 is 0 Å². The Morgan fingerprint density at radius 3 is 2.89 bits per heavy atom. The molecule has 0 radical (unpaired) electrons. The molecule has 0 bridgehead atoms. The van der Waals surface area contributed by atoms with Gasteiger partial charge in [-0.25, -0.2) is 0 Å². The second-order valence-electron chi connectivity index (χ2n) is 4.46. The van der Waals surface area contributed by atoms with Crippen molar-refractivity contribution in [1.29, 1.82) is 0 Å². The lowest BCUT2D eigenvalue weighted by Crippen LogP contribution is -2.38. The van der Waals surface area contributed by atoms with Gasteiger partial charge in [0.1, 0.15) is 0 Å². The maximum absolute atomic E-state index is 12.3. The van der Waals surface area contributed by atoms with Gasteiger partial charge in [0.2, 0.25) is 0 Å². The number of hydrogen-bond acceptors (Lipinski definition) is 3. The summed E-state index contributed by atoms with van der Waals surface area (Å²) in [5.74, 6) is 0.0992. The fourth-order valence-corrected chi connectivity index (χ4v) is 2.17. The zero-order chi connectivity index (χ0) is 14.0. The van der Waals surface area contributed by atoms with Crippen LogP contribution in [-0.4, -0.2) is 34.7 Å². The van der Waals surface area contributed by atoms with E-state index in [4.69, 9.17) is 11.6 Å². The fourth-order valence-electron chi connectivity index (χ4n) is 2.09. The minimum absolute atomic E-state index is 0.0647. The Bertz CT molecular complexity index is 557. The van der Waals surface area contributed by atoms with E-state index in [0.29, 0.717) is 31.0 Å². The zero-order valence-corrected chi connectivity index (χ0v) is 11.0. The van der Waals surface area contributed by atoms with Gasteiger partial charge in [0.05, 0.1) is 4.92 Å². The number of fused-ring (bicyclic) bond motifs is 1. The number of rotatable bonds is 4. The molecule has 100 valence electrons. The Hall–Kier alpha value is -1.88. The van der Waals surface area contributed by atoms with Gasteiger partial charge >= 0.3 is 0 Å². The van der Waals surface area contributed by atoms with Gasteiger partial charge in [-0.15, -0.1) is 11.6 Å². The molecule has 0 saturated carbocycles. The van der Waals surface area contributed by atoms with Crippen LogP contribution in [0, 0.1) is 10.1 Å². The number of benzene rings is 1.